The van der Waals surface area contributed by atoms with Crippen LogP contribution < -0.4 is 19.5 Å². The Balaban J connectivity index is 1.97. The van der Waals surface area contributed by atoms with Crippen LogP contribution in [-0.2, 0) is 4.74 Å². The van der Waals surface area contributed by atoms with Gasteiger partial charge < -0.3 is 18.9 Å². The van der Waals surface area contributed by atoms with E-state index in [1.165, 1.54) is 0 Å². The lowest BCUT2D eigenvalue weighted by Gasteiger charge is -2.29. The third-order valence-corrected chi connectivity index (χ3v) is 5.07. The number of ether oxygens (including phenoxy) is 4. The Labute approximate surface area is 163 Å². The standard InChI is InChI=1S/C22H21NO5/c1-12-17(25-2)9-13(10-18(12)26-3)21-16-11-19(27-4)14-7-5-6-8-15(14)20(16)23-22(24)28-21/h5-11,21H,1-4H3,(H,23,24). The van der Waals surface area contributed by atoms with Gasteiger partial charge in [-0.15, -0.1) is 0 Å². The summed E-state index contributed by atoms with van der Waals surface area (Å²) in [5.74, 6) is 2.04. The van der Waals surface area contributed by atoms with Crippen LogP contribution in [0.1, 0.15) is 22.8 Å². The van der Waals surface area contributed by atoms with E-state index in [4.69, 9.17) is 18.9 Å². The highest BCUT2D eigenvalue weighted by atomic mass is 16.6. The molecule has 0 aliphatic carbocycles. The minimum Gasteiger partial charge on any atom is -0.496 e. The number of methoxy groups -OCH3 is 3. The van der Waals surface area contributed by atoms with Gasteiger partial charge in [-0.25, -0.2) is 4.79 Å². The summed E-state index contributed by atoms with van der Waals surface area (Å²) >= 11 is 0. The first-order valence-electron chi connectivity index (χ1n) is 8.87. The number of fused-ring (bicyclic) bond motifs is 3. The Hall–Kier alpha value is -3.41. The van der Waals surface area contributed by atoms with Crippen LogP contribution >= 0.6 is 0 Å². The molecule has 1 aliphatic rings. The van der Waals surface area contributed by atoms with Gasteiger partial charge in [0.2, 0.25) is 0 Å². The first-order chi connectivity index (χ1) is 13.6. The Morgan fingerprint density at radius 3 is 2.11 bits per heavy atom. The highest BCUT2D eigenvalue weighted by Crippen LogP contribution is 2.45. The van der Waals surface area contributed by atoms with Crippen LogP contribution in [0.4, 0.5) is 10.5 Å². The summed E-state index contributed by atoms with van der Waals surface area (Å²) < 4.78 is 22.2. The molecule has 144 valence electrons. The lowest BCUT2D eigenvalue weighted by atomic mass is 9.93. The predicted octanol–water partition coefficient (Wildman–Crippen LogP) is 4.83. The van der Waals surface area contributed by atoms with E-state index in [-0.39, 0.29) is 0 Å². The van der Waals surface area contributed by atoms with Crippen molar-refractivity contribution in [1.82, 2.24) is 0 Å². The summed E-state index contributed by atoms with van der Waals surface area (Å²) in [6.07, 6.45) is -1.13. The van der Waals surface area contributed by atoms with Crippen LogP contribution in [0.25, 0.3) is 10.8 Å². The summed E-state index contributed by atoms with van der Waals surface area (Å²) in [4.78, 5) is 12.4. The van der Waals surface area contributed by atoms with Crippen LogP contribution in [0, 0.1) is 6.92 Å². The van der Waals surface area contributed by atoms with Gasteiger partial charge in [-0.05, 0) is 25.1 Å². The highest BCUT2D eigenvalue weighted by Gasteiger charge is 2.31. The van der Waals surface area contributed by atoms with Crippen molar-refractivity contribution in [2.45, 2.75) is 13.0 Å². The van der Waals surface area contributed by atoms with E-state index in [0.29, 0.717) is 17.2 Å². The molecule has 1 unspecified atom stereocenters. The summed E-state index contributed by atoms with van der Waals surface area (Å²) in [6.45, 7) is 1.92. The normalized spacial score (nSPS) is 15.4. The summed E-state index contributed by atoms with van der Waals surface area (Å²) in [6, 6.07) is 13.4. The van der Waals surface area contributed by atoms with Crippen molar-refractivity contribution in [2.24, 2.45) is 0 Å². The summed E-state index contributed by atoms with van der Waals surface area (Å²) in [5, 5.41) is 4.66. The Morgan fingerprint density at radius 2 is 1.50 bits per heavy atom. The number of hydrogen-bond acceptors (Lipinski definition) is 5. The minimum absolute atomic E-state index is 0.508. The van der Waals surface area contributed by atoms with Gasteiger partial charge in [-0.2, -0.15) is 0 Å². The van der Waals surface area contributed by atoms with E-state index >= 15 is 0 Å². The van der Waals surface area contributed by atoms with E-state index in [9.17, 15) is 4.79 Å². The number of nitrogens with one attached hydrogen (secondary N) is 1. The fourth-order valence-electron chi connectivity index (χ4n) is 3.69. The molecule has 1 amide bonds. The SMILES string of the molecule is COc1cc(C2OC(=O)Nc3c2cc(OC)c2ccccc32)cc(OC)c1C. The van der Waals surface area contributed by atoms with Gasteiger partial charge >= 0.3 is 6.09 Å². The molecule has 3 aromatic rings. The third-order valence-electron chi connectivity index (χ3n) is 5.07. The van der Waals surface area contributed by atoms with Crippen LogP contribution in [0.3, 0.4) is 0 Å². The molecule has 0 spiro atoms. The molecule has 4 rings (SSSR count). The smallest absolute Gasteiger partial charge is 0.412 e. The monoisotopic (exact) mass is 379 g/mol. The van der Waals surface area contributed by atoms with Gasteiger partial charge in [-0.1, -0.05) is 24.3 Å². The predicted molar refractivity (Wildman–Crippen MR) is 107 cm³/mol. The topological polar surface area (TPSA) is 66.0 Å². The molecule has 1 N–H and O–H groups in total. The molecule has 0 radical (unpaired) electrons. The second-order valence-corrected chi connectivity index (χ2v) is 6.55. The molecule has 3 aromatic carbocycles. The van der Waals surface area contributed by atoms with Crippen molar-refractivity contribution < 1.29 is 23.7 Å². The van der Waals surface area contributed by atoms with Crippen LogP contribution in [0.5, 0.6) is 17.2 Å². The van der Waals surface area contributed by atoms with Crippen molar-refractivity contribution in [2.75, 3.05) is 26.6 Å². The molecule has 6 heteroatoms. The van der Waals surface area contributed by atoms with E-state index in [1.807, 2.05) is 49.4 Å². The van der Waals surface area contributed by atoms with Crippen molar-refractivity contribution >= 4 is 22.6 Å². The largest absolute Gasteiger partial charge is 0.496 e. The number of benzene rings is 3. The van der Waals surface area contributed by atoms with Crippen LogP contribution in [0.15, 0.2) is 42.5 Å². The zero-order chi connectivity index (χ0) is 19.8. The zero-order valence-electron chi connectivity index (χ0n) is 16.2. The molecule has 0 fully saturated rings. The second kappa shape index (κ2) is 6.96. The third kappa shape index (κ3) is 2.78. The number of anilines is 1. The van der Waals surface area contributed by atoms with Crippen LogP contribution in [0.2, 0.25) is 0 Å². The average Bonchev–Trinajstić information content (AvgIpc) is 2.73. The maximum atomic E-state index is 12.4. The Bertz CT molecular complexity index is 1050. The summed E-state index contributed by atoms with van der Waals surface area (Å²) in [5.41, 5.74) is 3.16. The quantitative estimate of drug-likeness (QED) is 0.704. The van der Waals surface area contributed by atoms with Gasteiger partial charge in [0.1, 0.15) is 17.2 Å². The van der Waals surface area contributed by atoms with Gasteiger partial charge in [-0.3, -0.25) is 5.32 Å². The second-order valence-electron chi connectivity index (χ2n) is 6.55. The van der Waals surface area contributed by atoms with E-state index in [1.54, 1.807) is 21.3 Å². The Kier molecular flexibility index (Phi) is 4.47. The highest BCUT2D eigenvalue weighted by molar-refractivity contribution is 6.05. The van der Waals surface area contributed by atoms with Crippen LogP contribution in [-0.4, -0.2) is 27.4 Å². The molecule has 0 aromatic heterocycles. The lowest BCUT2D eigenvalue weighted by Crippen LogP contribution is -2.25. The van der Waals surface area contributed by atoms with Crippen molar-refractivity contribution in [3.63, 3.8) is 0 Å². The number of amides is 1. The number of carbonyl (C=O) groups excluding carboxylic acids is 1. The lowest BCUT2D eigenvalue weighted by molar-refractivity contribution is 0.126. The molecule has 1 heterocycles. The average molecular weight is 379 g/mol. The molecule has 6 nitrogen and oxygen atoms in total. The van der Waals surface area contributed by atoms with Gasteiger partial charge in [0.05, 0.1) is 27.0 Å². The van der Waals surface area contributed by atoms with E-state index in [2.05, 4.69) is 5.32 Å². The molecular formula is C22H21NO5. The first-order valence-corrected chi connectivity index (χ1v) is 8.87. The fraction of sp³-hybridized carbons (Fsp3) is 0.227. The maximum Gasteiger partial charge on any atom is 0.412 e. The van der Waals surface area contributed by atoms with E-state index in [0.717, 1.165) is 33.2 Å². The van der Waals surface area contributed by atoms with Gasteiger partial charge in [0.15, 0.2) is 6.10 Å². The molecule has 0 bridgehead atoms. The number of carbonyl (C=O) groups is 1. The van der Waals surface area contributed by atoms with Crippen molar-refractivity contribution in [1.29, 1.82) is 0 Å². The van der Waals surface area contributed by atoms with Gasteiger partial charge in [0.25, 0.3) is 0 Å². The molecule has 0 saturated heterocycles. The zero-order valence-corrected chi connectivity index (χ0v) is 16.2. The maximum absolute atomic E-state index is 12.4. The number of hydrogen-bond donors (Lipinski definition) is 1. The van der Waals surface area contributed by atoms with Crippen molar-refractivity contribution in [3.8, 4) is 17.2 Å². The molecular weight excluding hydrogens is 358 g/mol. The minimum atomic E-state index is -0.620. The molecule has 1 atom stereocenters. The fourth-order valence-corrected chi connectivity index (χ4v) is 3.69. The van der Waals surface area contributed by atoms with Crippen molar-refractivity contribution in [3.05, 3.63) is 59.2 Å². The van der Waals surface area contributed by atoms with Gasteiger partial charge in [0, 0.05) is 27.5 Å². The number of rotatable bonds is 4. The molecule has 28 heavy (non-hydrogen) atoms. The molecule has 1 aliphatic heterocycles. The first kappa shape index (κ1) is 18.0. The Morgan fingerprint density at radius 1 is 0.893 bits per heavy atom. The number of cyclic esters (lactones) is 1. The molecule has 0 saturated carbocycles. The van der Waals surface area contributed by atoms with E-state index < -0.39 is 12.2 Å². The summed E-state index contributed by atoms with van der Waals surface area (Å²) in [7, 11) is 4.83.